The Morgan fingerprint density at radius 1 is 1.44 bits per heavy atom. The number of amides is 2. The van der Waals surface area contributed by atoms with Crippen LogP contribution in [0.3, 0.4) is 0 Å². The quantitative estimate of drug-likeness (QED) is 0.775. The molecule has 1 saturated carbocycles. The van der Waals surface area contributed by atoms with E-state index in [1.165, 1.54) is 0 Å². The van der Waals surface area contributed by atoms with Gasteiger partial charge in [0, 0.05) is 37.7 Å². The molecule has 0 bridgehead atoms. The first-order valence-electron chi connectivity index (χ1n) is 9.45. The molecule has 1 aliphatic carbocycles. The number of rotatable bonds is 7. The summed E-state index contributed by atoms with van der Waals surface area (Å²) in [6.45, 7) is 3.65. The minimum absolute atomic E-state index is 0.00921. The minimum atomic E-state index is -0.179. The molecule has 2 aliphatic rings. The lowest BCUT2D eigenvalue weighted by molar-refractivity contribution is -0.117. The van der Waals surface area contributed by atoms with Crippen LogP contribution in [-0.2, 0) is 11.3 Å². The lowest BCUT2D eigenvalue weighted by Gasteiger charge is -2.30. The number of nitrogens with zero attached hydrogens (tertiary/aromatic N) is 4. The van der Waals surface area contributed by atoms with E-state index in [2.05, 4.69) is 20.6 Å². The van der Waals surface area contributed by atoms with Crippen LogP contribution in [0.15, 0.2) is 31.0 Å². The van der Waals surface area contributed by atoms with Gasteiger partial charge in [0.1, 0.15) is 5.82 Å². The molecule has 8 nitrogen and oxygen atoms in total. The molecular formula is C19H24N6O2. The van der Waals surface area contributed by atoms with Crippen molar-refractivity contribution in [3.05, 3.63) is 36.5 Å². The number of aromatic nitrogens is 3. The van der Waals surface area contributed by atoms with Gasteiger partial charge in [-0.05, 0) is 31.2 Å². The second-order valence-electron chi connectivity index (χ2n) is 7.23. The number of hydrogen-bond acceptors (Lipinski definition) is 5. The molecule has 0 radical (unpaired) electrons. The number of imidazole rings is 1. The summed E-state index contributed by atoms with van der Waals surface area (Å²) in [5.41, 5.74) is 1.17. The second kappa shape index (κ2) is 7.38. The number of carbonyl (C=O) groups excluding carboxylic acids is 2. The molecule has 4 rings (SSSR count). The van der Waals surface area contributed by atoms with E-state index in [4.69, 9.17) is 0 Å². The maximum atomic E-state index is 12.8. The maximum Gasteiger partial charge on any atom is 0.253 e. The van der Waals surface area contributed by atoms with Gasteiger partial charge >= 0.3 is 0 Å². The summed E-state index contributed by atoms with van der Waals surface area (Å²) < 4.78 is 1.94. The van der Waals surface area contributed by atoms with Gasteiger partial charge < -0.3 is 20.1 Å². The number of nitrogens with one attached hydrogen (secondary N) is 2. The highest BCUT2D eigenvalue weighted by Crippen LogP contribution is 2.35. The monoisotopic (exact) mass is 368 g/mol. The van der Waals surface area contributed by atoms with Crippen LogP contribution < -0.4 is 15.5 Å². The standard InChI is InChI=1S/C19H24N6O2/c1-2-15(11-24-6-5-20-12-24)23-19(27)14-7-16-18(21-8-14)22-9-17(26)25(16)10-13-3-4-13/h5-8,12-13,15H,2-4,9-11H2,1H3,(H,21,22)(H,23,27). The van der Waals surface area contributed by atoms with Crippen LogP contribution in [0.2, 0.25) is 0 Å². The fourth-order valence-corrected chi connectivity index (χ4v) is 3.26. The Morgan fingerprint density at radius 2 is 2.30 bits per heavy atom. The highest BCUT2D eigenvalue weighted by molar-refractivity contribution is 6.04. The van der Waals surface area contributed by atoms with E-state index in [-0.39, 0.29) is 24.4 Å². The van der Waals surface area contributed by atoms with Gasteiger partial charge in [-0.2, -0.15) is 0 Å². The highest BCUT2D eigenvalue weighted by atomic mass is 16.2. The highest BCUT2D eigenvalue weighted by Gasteiger charge is 2.32. The molecule has 0 saturated heterocycles. The average molecular weight is 368 g/mol. The van der Waals surface area contributed by atoms with Crippen molar-refractivity contribution in [2.75, 3.05) is 23.3 Å². The Labute approximate surface area is 158 Å². The van der Waals surface area contributed by atoms with Crippen LogP contribution in [0, 0.1) is 5.92 Å². The Bertz CT molecular complexity index is 831. The van der Waals surface area contributed by atoms with Gasteiger partial charge in [-0.15, -0.1) is 0 Å². The smallest absolute Gasteiger partial charge is 0.253 e. The normalized spacial score (nSPS) is 17.2. The third kappa shape index (κ3) is 3.94. The zero-order chi connectivity index (χ0) is 18.8. The summed E-state index contributed by atoms with van der Waals surface area (Å²) in [6, 6.07) is 1.76. The molecular weight excluding hydrogens is 344 g/mol. The molecule has 2 aromatic heterocycles. The summed E-state index contributed by atoms with van der Waals surface area (Å²) >= 11 is 0. The number of pyridine rings is 1. The van der Waals surface area contributed by atoms with Crippen molar-refractivity contribution in [2.45, 2.75) is 38.8 Å². The van der Waals surface area contributed by atoms with Crippen LogP contribution in [0.1, 0.15) is 36.5 Å². The van der Waals surface area contributed by atoms with Crippen molar-refractivity contribution in [1.29, 1.82) is 0 Å². The third-order valence-corrected chi connectivity index (χ3v) is 5.08. The van der Waals surface area contributed by atoms with Crippen molar-refractivity contribution in [3.8, 4) is 0 Å². The molecule has 8 heteroatoms. The molecule has 142 valence electrons. The van der Waals surface area contributed by atoms with Crippen LogP contribution in [0.25, 0.3) is 0 Å². The van der Waals surface area contributed by atoms with Crippen molar-refractivity contribution in [2.24, 2.45) is 5.92 Å². The molecule has 2 amide bonds. The zero-order valence-electron chi connectivity index (χ0n) is 15.4. The van der Waals surface area contributed by atoms with Gasteiger partial charge in [0.25, 0.3) is 5.91 Å². The SMILES string of the molecule is CCC(Cn1ccnc1)NC(=O)c1cnc2c(c1)N(CC1CC1)C(=O)CN2. The fourth-order valence-electron chi connectivity index (χ4n) is 3.26. The Balaban J connectivity index is 1.50. The van der Waals surface area contributed by atoms with E-state index in [1.807, 2.05) is 17.7 Å². The first-order chi connectivity index (χ1) is 13.1. The van der Waals surface area contributed by atoms with Gasteiger partial charge in [-0.25, -0.2) is 9.97 Å². The topological polar surface area (TPSA) is 92.2 Å². The van der Waals surface area contributed by atoms with Gasteiger partial charge in [0.2, 0.25) is 5.91 Å². The van der Waals surface area contributed by atoms with Gasteiger partial charge in [0.15, 0.2) is 0 Å². The second-order valence-corrected chi connectivity index (χ2v) is 7.23. The molecule has 1 aliphatic heterocycles. The van der Waals surface area contributed by atoms with Crippen LogP contribution >= 0.6 is 0 Å². The predicted molar refractivity (Wildman–Crippen MR) is 102 cm³/mol. The molecule has 0 spiro atoms. The van der Waals surface area contributed by atoms with E-state index in [0.29, 0.717) is 36.1 Å². The molecule has 27 heavy (non-hydrogen) atoms. The third-order valence-electron chi connectivity index (χ3n) is 5.08. The number of carbonyl (C=O) groups is 2. The van der Waals surface area contributed by atoms with E-state index < -0.39 is 0 Å². The summed E-state index contributed by atoms with van der Waals surface area (Å²) in [6.07, 6.45) is 10.0. The number of anilines is 2. The largest absolute Gasteiger partial charge is 0.359 e. The lowest BCUT2D eigenvalue weighted by atomic mass is 10.1. The van der Waals surface area contributed by atoms with Gasteiger partial charge in [-0.1, -0.05) is 6.92 Å². The Morgan fingerprint density at radius 3 is 3.00 bits per heavy atom. The summed E-state index contributed by atoms with van der Waals surface area (Å²) in [5.74, 6) is 1.08. The lowest BCUT2D eigenvalue weighted by Crippen LogP contribution is -2.42. The maximum absolute atomic E-state index is 12.8. The van der Waals surface area contributed by atoms with Crippen LogP contribution in [0.5, 0.6) is 0 Å². The van der Waals surface area contributed by atoms with Crippen molar-refractivity contribution >= 4 is 23.3 Å². The van der Waals surface area contributed by atoms with Crippen LogP contribution in [0.4, 0.5) is 11.5 Å². The van der Waals surface area contributed by atoms with E-state index in [9.17, 15) is 9.59 Å². The molecule has 2 N–H and O–H groups in total. The van der Waals surface area contributed by atoms with Crippen LogP contribution in [-0.4, -0.2) is 45.5 Å². The molecule has 2 aromatic rings. The molecule has 1 atom stereocenters. The summed E-state index contributed by atoms with van der Waals surface area (Å²) in [7, 11) is 0. The van der Waals surface area contributed by atoms with Gasteiger partial charge in [0.05, 0.1) is 24.1 Å². The molecule has 1 unspecified atom stereocenters. The zero-order valence-corrected chi connectivity index (χ0v) is 15.4. The molecule has 0 aromatic carbocycles. The fraction of sp³-hybridized carbons (Fsp3) is 0.474. The predicted octanol–water partition coefficient (Wildman–Crippen LogP) is 1.66. The van der Waals surface area contributed by atoms with Crippen molar-refractivity contribution < 1.29 is 9.59 Å². The first kappa shape index (κ1) is 17.5. The van der Waals surface area contributed by atoms with E-state index >= 15 is 0 Å². The van der Waals surface area contributed by atoms with Crippen molar-refractivity contribution in [3.63, 3.8) is 0 Å². The number of fused-ring (bicyclic) bond motifs is 1. The number of hydrogen-bond donors (Lipinski definition) is 2. The Kier molecular flexibility index (Phi) is 4.79. The minimum Gasteiger partial charge on any atom is -0.359 e. The van der Waals surface area contributed by atoms with Gasteiger partial charge in [-0.3, -0.25) is 9.59 Å². The van der Waals surface area contributed by atoms with E-state index in [1.54, 1.807) is 29.7 Å². The summed E-state index contributed by atoms with van der Waals surface area (Å²) in [5, 5.41) is 6.10. The Hall–Kier alpha value is -2.90. The van der Waals surface area contributed by atoms with Crippen molar-refractivity contribution in [1.82, 2.24) is 19.9 Å². The molecule has 1 fully saturated rings. The molecule has 3 heterocycles. The van der Waals surface area contributed by atoms with E-state index in [0.717, 1.165) is 19.3 Å². The summed E-state index contributed by atoms with van der Waals surface area (Å²) in [4.78, 5) is 35.3. The average Bonchev–Trinajstić information content (AvgIpc) is 3.36. The first-order valence-corrected chi connectivity index (χ1v) is 9.45.